The van der Waals surface area contributed by atoms with E-state index < -0.39 is 35.3 Å². The Hall–Kier alpha value is -3.52. The Morgan fingerprint density at radius 1 is 1.06 bits per heavy atom. The molecule has 1 amide bonds. The van der Waals surface area contributed by atoms with E-state index in [2.05, 4.69) is 10.2 Å². The van der Waals surface area contributed by atoms with Crippen LogP contribution >= 0.6 is 11.6 Å². The number of nitrogens with zero attached hydrogens (tertiary/aromatic N) is 2. The number of amides is 1. The van der Waals surface area contributed by atoms with E-state index >= 15 is 0 Å². The van der Waals surface area contributed by atoms with Crippen molar-refractivity contribution in [2.45, 2.75) is 19.4 Å². The van der Waals surface area contributed by atoms with Gasteiger partial charge in [0.15, 0.2) is 0 Å². The number of carbonyl (C=O) groups excluding carboxylic acids is 1. The molecule has 2 aromatic carbocycles. The first-order chi connectivity index (χ1) is 15.9. The molecular weight excluding hydrogens is 446 g/mol. The van der Waals surface area contributed by atoms with Crippen LogP contribution in [0.2, 0.25) is 5.02 Å². The summed E-state index contributed by atoms with van der Waals surface area (Å²) in [5.74, 6) is -2.41. The summed E-state index contributed by atoms with van der Waals surface area (Å²) in [7, 11) is 0. The fourth-order valence-corrected chi connectivity index (χ4v) is 4.60. The van der Waals surface area contributed by atoms with E-state index in [1.807, 2.05) is 24.3 Å². The number of anilines is 1. The highest BCUT2D eigenvalue weighted by Gasteiger charge is 2.26. The highest BCUT2D eigenvalue weighted by atomic mass is 35.5. The Kier molecular flexibility index (Phi) is 6.55. The average Bonchev–Trinajstić information content (AvgIpc) is 2.81. The van der Waals surface area contributed by atoms with Crippen LogP contribution in [0.15, 0.2) is 53.3 Å². The predicted molar refractivity (Wildman–Crippen MR) is 126 cm³/mol. The van der Waals surface area contributed by atoms with Crippen molar-refractivity contribution in [2.24, 2.45) is 5.92 Å². The molecule has 33 heavy (non-hydrogen) atoms. The molecule has 0 saturated carbocycles. The Morgan fingerprint density at radius 3 is 2.42 bits per heavy atom. The Bertz CT molecular complexity index is 1260. The number of para-hydroxylation sites is 2. The third-order valence-electron chi connectivity index (χ3n) is 6.02. The summed E-state index contributed by atoms with van der Waals surface area (Å²) in [6, 6.07) is 14.5. The van der Waals surface area contributed by atoms with Crippen LogP contribution in [0.3, 0.4) is 0 Å². The molecule has 8 nitrogen and oxygen atoms in total. The molecule has 0 atom stereocenters. The zero-order valence-electron chi connectivity index (χ0n) is 17.8. The van der Waals surface area contributed by atoms with E-state index in [9.17, 15) is 19.5 Å². The van der Waals surface area contributed by atoms with Crippen LogP contribution in [0.4, 0.5) is 5.69 Å². The number of carbonyl (C=O) groups is 2. The lowest BCUT2D eigenvalue weighted by atomic mass is 9.95. The smallest absolute Gasteiger partial charge is 0.322 e. The summed E-state index contributed by atoms with van der Waals surface area (Å²) in [5, 5.41) is 22.7. The number of aliphatic carboxylic acids is 1. The number of aromatic hydroxyl groups is 1. The van der Waals surface area contributed by atoms with E-state index in [-0.39, 0.29) is 5.92 Å². The number of carboxylic acids is 1. The van der Waals surface area contributed by atoms with Gasteiger partial charge < -0.3 is 25.0 Å². The maximum absolute atomic E-state index is 13.3. The van der Waals surface area contributed by atoms with E-state index in [0.29, 0.717) is 22.5 Å². The first-order valence-electron chi connectivity index (χ1n) is 10.7. The zero-order valence-corrected chi connectivity index (χ0v) is 18.6. The second-order valence-corrected chi connectivity index (χ2v) is 8.52. The number of hydrogen-bond acceptors (Lipinski definition) is 5. The standard InChI is InChI=1S/C24H24ClN3O5/c25-17-6-2-4-8-19(17)27-11-9-15(10-12-27)14-28-18-7-3-1-5-16(18)22(31)21(24(28)33)23(32)26-13-20(29)30/h1-8,15,31H,9-14H2,(H,26,32)(H,29,30). The maximum atomic E-state index is 13.3. The number of nitrogens with one attached hydrogen (secondary N) is 1. The number of aromatic nitrogens is 1. The molecule has 1 aliphatic heterocycles. The summed E-state index contributed by atoms with van der Waals surface area (Å²) in [6.07, 6.45) is 1.65. The van der Waals surface area contributed by atoms with Crippen LogP contribution in [0, 0.1) is 5.92 Å². The number of rotatable bonds is 6. The lowest BCUT2D eigenvalue weighted by Gasteiger charge is -2.34. The van der Waals surface area contributed by atoms with Gasteiger partial charge in [-0.15, -0.1) is 0 Å². The Labute approximate surface area is 195 Å². The fourth-order valence-electron chi connectivity index (χ4n) is 4.34. The zero-order chi connectivity index (χ0) is 23.5. The lowest BCUT2D eigenvalue weighted by molar-refractivity contribution is -0.135. The topological polar surface area (TPSA) is 112 Å². The average molecular weight is 470 g/mol. The summed E-state index contributed by atoms with van der Waals surface area (Å²) < 4.78 is 1.51. The fraction of sp³-hybridized carbons (Fsp3) is 0.292. The summed E-state index contributed by atoms with van der Waals surface area (Å²) >= 11 is 6.33. The van der Waals surface area contributed by atoms with Gasteiger partial charge in [0.05, 0.1) is 16.2 Å². The number of fused-ring (bicyclic) bond motifs is 1. The SMILES string of the molecule is O=C(O)CNC(=O)c1c(O)c2ccccc2n(CC2CCN(c3ccccc3Cl)CC2)c1=O. The first-order valence-corrected chi connectivity index (χ1v) is 11.1. The quantitative estimate of drug-likeness (QED) is 0.511. The van der Waals surface area contributed by atoms with Gasteiger partial charge in [0.1, 0.15) is 17.9 Å². The van der Waals surface area contributed by atoms with E-state index in [1.165, 1.54) is 4.57 Å². The van der Waals surface area contributed by atoms with Crippen molar-refractivity contribution in [3.05, 3.63) is 69.5 Å². The largest absolute Gasteiger partial charge is 0.506 e. The van der Waals surface area contributed by atoms with Gasteiger partial charge in [-0.25, -0.2) is 0 Å². The minimum atomic E-state index is -1.24. The number of hydrogen-bond donors (Lipinski definition) is 3. The molecule has 172 valence electrons. The van der Waals surface area contributed by atoms with Crippen LogP contribution in [0.25, 0.3) is 10.9 Å². The molecule has 0 radical (unpaired) electrons. The van der Waals surface area contributed by atoms with E-state index in [1.54, 1.807) is 24.3 Å². The second kappa shape index (κ2) is 9.54. The minimum Gasteiger partial charge on any atom is -0.506 e. The summed E-state index contributed by atoms with van der Waals surface area (Å²) in [6.45, 7) is 1.30. The van der Waals surface area contributed by atoms with Gasteiger partial charge in [0.25, 0.3) is 11.5 Å². The van der Waals surface area contributed by atoms with E-state index in [0.717, 1.165) is 31.6 Å². The molecule has 1 aliphatic rings. The number of halogens is 1. The van der Waals surface area contributed by atoms with Crippen molar-refractivity contribution < 1.29 is 19.8 Å². The van der Waals surface area contributed by atoms with Crippen molar-refractivity contribution in [3.63, 3.8) is 0 Å². The molecule has 1 aromatic heterocycles. The maximum Gasteiger partial charge on any atom is 0.322 e. The highest BCUT2D eigenvalue weighted by molar-refractivity contribution is 6.33. The van der Waals surface area contributed by atoms with Crippen LogP contribution < -0.4 is 15.8 Å². The lowest BCUT2D eigenvalue weighted by Crippen LogP contribution is -2.39. The summed E-state index contributed by atoms with van der Waals surface area (Å²) in [5.41, 5.74) is 0.441. The summed E-state index contributed by atoms with van der Waals surface area (Å²) in [4.78, 5) is 38.9. The van der Waals surface area contributed by atoms with Crippen LogP contribution in [0.1, 0.15) is 23.2 Å². The van der Waals surface area contributed by atoms with Gasteiger partial charge in [-0.05, 0) is 43.0 Å². The van der Waals surface area contributed by atoms with Crippen molar-refractivity contribution in [1.82, 2.24) is 9.88 Å². The molecule has 1 fully saturated rings. The van der Waals surface area contributed by atoms with Gasteiger partial charge in [-0.1, -0.05) is 35.9 Å². The van der Waals surface area contributed by atoms with Gasteiger partial charge in [0.2, 0.25) is 0 Å². The molecule has 9 heteroatoms. The Balaban J connectivity index is 1.61. The molecule has 2 heterocycles. The molecule has 3 aromatic rings. The Morgan fingerprint density at radius 2 is 1.73 bits per heavy atom. The molecular formula is C24H24ClN3O5. The number of benzene rings is 2. The molecule has 3 N–H and O–H groups in total. The molecule has 1 saturated heterocycles. The van der Waals surface area contributed by atoms with Crippen molar-refractivity contribution in [1.29, 1.82) is 0 Å². The van der Waals surface area contributed by atoms with Crippen molar-refractivity contribution in [2.75, 3.05) is 24.5 Å². The highest BCUT2D eigenvalue weighted by Crippen LogP contribution is 2.31. The van der Waals surface area contributed by atoms with Crippen molar-refractivity contribution in [3.8, 4) is 5.75 Å². The predicted octanol–water partition coefficient (Wildman–Crippen LogP) is 3.09. The molecule has 0 unspecified atom stereocenters. The minimum absolute atomic E-state index is 0.185. The monoisotopic (exact) mass is 469 g/mol. The van der Waals surface area contributed by atoms with Gasteiger partial charge in [0, 0.05) is 25.0 Å². The second-order valence-electron chi connectivity index (χ2n) is 8.11. The van der Waals surface area contributed by atoms with Crippen LogP contribution in [0.5, 0.6) is 5.75 Å². The third kappa shape index (κ3) is 4.66. The third-order valence-corrected chi connectivity index (χ3v) is 6.34. The molecule has 0 bridgehead atoms. The number of carboxylic acid groups (broad SMARTS) is 1. The number of pyridine rings is 1. The molecule has 4 rings (SSSR count). The van der Waals surface area contributed by atoms with Gasteiger partial charge in [-0.3, -0.25) is 14.4 Å². The number of piperidine rings is 1. The van der Waals surface area contributed by atoms with Crippen LogP contribution in [-0.4, -0.2) is 46.3 Å². The van der Waals surface area contributed by atoms with Crippen molar-refractivity contribution >= 4 is 40.1 Å². The first kappa shape index (κ1) is 22.7. The molecule has 0 spiro atoms. The normalized spacial score (nSPS) is 14.4. The van der Waals surface area contributed by atoms with Gasteiger partial charge >= 0.3 is 5.97 Å². The van der Waals surface area contributed by atoms with Crippen LogP contribution in [-0.2, 0) is 11.3 Å². The van der Waals surface area contributed by atoms with E-state index in [4.69, 9.17) is 16.7 Å². The molecule has 0 aliphatic carbocycles. The van der Waals surface area contributed by atoms with Gasteiger partial charge in [-0.2, -0.15) is 0 Å².